The number of hydrogen-bond donors (Lipinski definition) is 2. The Balaban J connectivity index is 0.000000296. The fourth-order valence-electron chi connectivity index (χ4n) is 4.14. The molecule has 41 heavy (non-hydrogen) atoms. The molecule has 7 nitrogen and oxygen atoms in total. The Kier molecular flexibility index (Phi) is 8.48. The van der Waals surface area contributed by atoms with Crippen molar-refractivity contribution >= 4 is 32.2 Å². The molecular formula is C30H29F3N2O5S. The van der Waals surface area contributed by atoms with Crippen molar-refractivity contribution in [2.24, 2.45) is 0 Å². The van der Waals surface area contributed by atoms with E-state index in [0.29, 0.717) is 46.1 Å². The van der Waals surface area contributed by atoms with Crippen LogP contribution in [0.3, 0.4) is 0 Å². The summed E-state index contributed by atoms with van der Waals surface area (Å²) in [6.45, 7) is 4.44. The first kappa shape index (κ1) is 29.7. The van der Waals surface area contributed by atoms with Gasteiger partial charge in [-0.1, -0.05) is 29.8 Å². The standard InChI is InChI=1S/C22H22N2O5S.C8H7F3/c1-13(14-4-7-19-20(10-14)29-9-8-28-19)24-22(26)17-12-23-18-6-5-15(30(2,3)27)11-16(18)21(17)25;1-6-3-2-4-7(5-6)8(9,10)11/h4-7,10-13H,2,8-9H2,1,3H3,(H,23,25)(H,24,26);2-5H,1H3. The second-order valence-corrected chi connectivity index (χ2v) is 12.2. The summed E-state index contributed by atoms with van der Waals surface area (Å²) in [6, 6.07) is 15.2. The lowest BCUT2D eigenvalue weighted by Gasteiger charge is -2.21. The van der Waals surface area contributed by atoms with E-state index in [2.05, 4.69) is 16.2 Å². The van der Waals surface area contributed by atoms with Crippen LogP contribution in [0.1, 0.15) is 40.0 Å². The van der Waals surface area contributed by atoms with Crippen molar-refractivity contribution in [3.8, 4) is 11.5 Å². The van der Waals surface area contributed by atoms with Gasteiger partial charge in [-0.15, -0.1) is 0 Å². The summed E-state index contributed by atoms with van der Waals surface area (Å²) in [5.41, 5.74) is 0.980. The molecule has 0 fully saturated rings. The van der Waals surface area contributed by atoms with E-state index in [0.717, 1.165) is 17.7 Å². The van der Waals surface area contributed by atoms with Gasteiger partial charge in [0.1, 0.15) is 18.8 Å². The molecule has 1 aliphatic rings. The first-order valence-corrected chi connectivity index (χ1v) is 14.7. The van der Waals surface area contributed by atoms with E-state index < -0.39 is 32.6 Å². The van der Waals surface area contributed by atoms with Crippen LogP contribution >= 0.6 is 0 Å². The van der Waals surface area contributed by atoms with Crippen LogP contribution in [0.15, 0.2) is 76.6 Å². The Labute approximate surface area is 235 Å². The van der Waals surface area contributed by atoms with Gasteiger partial charge in [0.2, 0.25) is 5.43 Å². The van der Waals surface area contributed by atoms with Gasteiger partial charge in [-0.2, -0.15) is 13.2 Å². The van der Waals surface area contributed by atoms with Crippen LogP contribution < -0.4 is 20.2 Å². The van der Waals surface area contributed by atoms with Crippen molar-refractivity contribution in [1.29, 1.82) is 0 Å². The van der Waals surface area contributed by atoms with Crippen molar-refractivity contribution < 1.29 is 31.6 Å². The van der Waals surface area contributed by atoms with Crippen LogP contribution in [0.2, 0.25) is 0 Å². The average molecular weight is 587 g/mol. The zero-order valence-electron chi connectivity index (χ0n) is 22.6. The molecule has 3 aromatic carbocycles. The normalized spacial score (nSPS) is 14.8. The average Bonchev–Trinajstić information content (AvgIpc) is 2.92. The minimum absolute atomic E-state index is 0.0179. The number of nitrogens with one attached hydrogen (secondary N) is 2. The number of carbonyl (C=O) groups is 1. The van der Waals surface area contributed by atoms with Gasteiger partial charge in [-0.3, -0.25) is 13.8 Å². The number of amides is 1. The van der Waals surface area contributed by atoms with E-state index in [1.54, 1.807) is 31.2 Å². The fourth-order valence-corrected chi connectivity index (χ4v) is 4.87. The molecule has 0 aliphatic carbocycles. The third-order valence-electron chi connectivity index (χ3n) is 6.35. The number of rotatable bonds is 4. The first-order chi connectivity index (χ1) is 19.2. The second kappa shape index (κ2) is 11.7. The van der Waals surface area contributed by atoms with Crippen LogP contribution in [0.25, 0.3) is 10.9 Å². The monoisotopic (exact) mass is 586 g/mol. The van der Waals surface area contributed by atoms with Gasteiger partial charge in [0.25, 0.3) is 5.91 Å². The van der Waals surface area contributed by atoms with Gasteiger partial charge >= 0.3 is 6.18 Å². The maximum Gasteiger partial charge on any atom is 0.416 e. The molecule has 0 radical (unpaired) electrons. The van der Waals surface area contributed by atoms with Gasteiger partial charge in [0, 0.05) is 28.3 Å². The minimum atomic E-state index is -4.22. The van der Waals surface area contributed by atoms with Crippen molar-refractivity contribution in [2.75, 3.05) is 19.5 Å². The van der Waals surface area contributed by atoms with Gasteiger partial charge in [-0.05, 0) is 71.2 Å². The summed E-state index contributed by atoms with van der Waals surface area (Å²) in [5, 5.41) is 3.14. The van der Waals surface area contributed by atoms with E-state index >= 15 is 0 Å². The Morgan fingerprint density at radius 2 is 1.76 bits per heavy atom. The molecular weight excluding hydrogens is 557 g/mol. The molecule has 1 aromatic heterocycles. The molecule has 0 bridgehead atoms. The number of fused-ring (bicyclic) bond motifs is 2. The Bertz CT molecular complexity index is 1760. The highest BCUT2D eigenvalue weighted by molar-refractivity contribution is 7.99. The lowest BCUT2D eigenvalue weighted by atomic mass is 10.1. The zero-order valence-corrected chi connectivity index (χ0v) is 23.4. The maximum absolute atomic E-state index is 12.9. The van der Waals surface area contributed by atoms with Crippen molar-refractivity contribution in [1.82, 2.24) is 10.3 Å². The molecule has 11 heteroatoms. The Morgan fingerprint density at radius 3 is 2.39 bits per heavy atom. The van der Waals surface area contributed by atoms with Gasteiger partial charge < -0.3 is 19.8 Å². The Hall–Kier alpha value is -4.25. The number of benzene rings is 3. The van der Waals surface area contributed by atoms with Gasteiger partial charge in [0.15, 0.2) is 11.5 Å². The highest BCUT2D eigenvalue weighted by Gasteiger charge is 2.30. The van der Waals surface area contributed by atoms with Crippen molar-refractivity contribution in [3.63, 3.8) is 0 Å². The third kappa shape index (κ3) is 7.10. The molecule has 2 heterocycles. The van der Waals surface area contributed by atoms with E-state index in [1.807, 2.05) is 19.1 Å². The number of ether oxygens (including phenoxy) is 2. The summed E-state index contributed by atoms with van der Waals surface area (Å²) >= 11 is 0. The first-order valence-electron chi connectivity index (χ1n) is 12.6. The maximum atomic E-state index is 12.9. The molecule has 0 saturated carbocycles. The smallest absolute Gasteiger partial charge is 0.416 e. The predicted octanol–water partition coefficient (Wildman–Crippen LogP) is 5.51. The number of hydrogen-bond acceptors (Lipinski definition) is 5. The molecule has 2 N–H and O–H groups in total. The number of aromatic nitrogens is 1. The molecule has 1 aliphatic heterocycles. The molecule has 2 unspecified atom stereocenters. The number of alkyl halides is 3. The highest BCUT2D eigenvalue weighted by atomic mass is 32.2. The molecule has 1 amide bonds. The fraction of sp³-hybridized carbons (Fsp3) is 0.233. The number of aromatic amines is 1. The second-order valence-electron chi connectivity index (χ2n) is 9.71. The van der Waals surface area contributed by atoms with Crippen LogP contribution in [0.4, 0.5) is 13.2 Å². The summed E-state index contributed by atoms with van der Waals surface area (Å²) in [6.07, 6.45) is -1.32. The minimum Gasteiger partial charge on any atom is -0.486 e. The van der Waals surface area contributed by atoms with Crippen molar-refractivity contribution in [3.05, 3.63) is 99.3 Å². The molecule has 5 rings (SSSR count). The van der Waals surface area contributed by atoms with E-state index in [9.17, 15) is 27.0 Å². The highest BCUT2D eigenvalue weighted by Crippen LogP contribution is 2.32. The van der Waals surface area contributed by atoms with E-state index in [1.165, 1.54) is 24.6 Å². The van der Waals surface area contributed by atoms with Gasteiger partial charge in [0.05, 0.1) is 11.6 Å². The predicted molar refractivity (Wildman–Crippen MR) is 154 cm³/mol. The number of halogens is 3. The summed E-state index contributed by atoms with van der Waals surface area (Å²) in [7, 11) is -2.48. The van der Waals surface area contributed by atoms with Gasteiger partial charge in [-0.25, -0.2) is 0 Å². The molecule has 216 valence electrons. The van der Waals surface area contributed by atoms with Crippen LogP contribution in [-0.4, -0.2) is 40.4 Å². The summed E-state index contributed by atoms with van der Waals surface area (Å²) in [5.74, 6) is 4.45. The SMILES string of the molecule is C=S(C)(=O)c1ccc2[nH]cc(C(=O)NC(C)c3ccc4c(c3)OCCO4)c(=O)c2c1.Cc1cccc(C(F)(F)F)c1. The van der Waals surface area contributed by atoms with Crippen LogP contribution in [0, 0.1) is 6.92 Å². The van der Waals surface area contributed by atoms with E-state index in [-0.39, 0.29) is 11.6 Å². The zero-order chi connectivity index (χ0) is 29.9. The number of H-pyrrole nitrogens is 1. The third-order valence-corrected chi connectivity index (χ3v) is 7.61. The van der Waals surface area contributed by atoms with Crippen LogP contribution in [0.5, 0.6) is 11.5 Å². The molecule has 4 aromatic rings. The topological polar surface area (TPSA) is 97.5 Å². The number of pyridine rings is 1. The molecule has 0 saturated heterocycles. The quantitative estimate of drug-likeness (QED) is 0.308. The molecule has 0 spiro atoms. The Morgan fingerprint density at radius 1 is 1.05 bits per heavy atom. The number of aryl methyl sites for hydroxylation is 1. The lowest BCUT2D eigenvalue weighted by molar-refractivity contribution is -0.137. The largest absolute Gasteiger partial charge is 0.486 e. The summed E-state index contributed by atoms with van der Waals surface area (Å²) < 4.78 is 59.3. The molecule has 2 atom stereocenters. The summed E-state index contributed by atoms with van der Waals surface area (Å²) in [4.78, 5) is 29.2. The lowest BCUT2D eigenvalue weighted by Crippen LogP contribution is -2.31. The van der Waals surface area contributed by atoms with Crippen LogP contribution in [-0.2, 0) is 15.7 Å². The van der Waals surface area contributed by atoms with E-state index in [4.69, 9.17) is 9.47 Å². The number of carbonyl (C=O) groups excluding carboxylic acids is 1. The van der Waals surface area contributed by atoms with Crippen molar-refractivity contribution in [2.45, 2.75) is 31.0 Å².